The Hall–Kier alpha value is 1.41. The molecule has 4 heteroatoms. The topological polar surface area (TPSA) is 0 Å². The molecule has 0 aromatic heterocycles. The van der Waals surface area contributed by atoms with Gasteiger partial charge in [-0.25, -0.2) is 0 Å². The molecule has 0 bridgehead atoms. The van der Waals surface area contributed by atoms with Gasteiger partial charge in [-0.05, 0) is 0 Å². The summed E-state index contributed by atoms with van der Waals surface area (Å²) in [5, 5.41) is 0. The van der Waals surface area contributed by atoms with E-state index >= 15 is 0 Å². The van der Waals surface area contributed by atoms with Crippen molar-refractivity contribution in [2.24, 2.45) is 0 Å². The SMILES string of the molecule is [Cd].[F][Zn][F]. The fraction of sp³-hybridized carbons (Fsp3) is 0. The summed E-state index contributed by atoms with van der Waals surface area (Å²) >= 11 is -2.88. The second kappa shape index (κ2) is 8.83. The monoisotopic (exact) mass is 216 g/mol. The fourth-order valence-electron chi connectivity index (χ4n) is 0. The summed E-state index contributed by atoms with van der Waals surface area (Å²) in [7, 11) is 0. The Morgan fingerprint density at radius 3 is 1.25 bits per heavy atom. The average Bonchev–Trinajstić information content (AvgIpc) is 0.918. The molecule has 0 nitrogen and oxygen atoms in total. The van der Waals surface area contributed by atoms with Crippen LogP contribution in [-0.2, 0) is 45.4 Å². The number of rotatable bonds is 0. The maximum atomic E-state index is 9.81. The van der Waals surface area contributed by atoms with E-state index in [1.807, 2.05) is 0 Å². The summed E-state index contributed by atoms with van der Waals surface area (Å²) in [6, 6.07) is 0. The Balaban J connectivity index is 0. The molecule has 0 aromatic rings. The van der Waals surface area contributed by atoms with E-state index in [9.17, 15) is 6.63 Å². The number of halogens is 2. The molecule has 4 heavy (non-hydrogen) atoms. The van der Waals surface area contributed by atoms with Crippen molar-refractivity contribution in [1.82, 2.24) is 0 Å². The molecule has 0 heterocycles. The molecule has 0 saturated heterocycles. The predicted octanol–water partition coefficient (Wildman–Crippen LogP) is 0.835. The van der Waals surface area contributed by atoms with E-state index < -0.39 is 18.1 Å². The van der Waals surface area contributed by atoms with E-state index in [1.165, 1.54) is 0 Å². The summed E-state index contributed by atoms with van der Waals surface area (Å²) in [4.78, 5) is 0. The molecule has 0 amide bonds. The Bertz CT molecular complexity index is 6.00. The van der Waals surface area contributed by atoms with Gasteiger partial charge in [-0.15, -0.1) is 0 Å². The van der Waals surface area contributed by atoms with Crippen molar-refractivity contribution < 1.29 is 52.1 Å². The molecule has 0 radical (unpaired) electrons. The van der Waals surface area contributed by atoms with Crippen LogP contribution in [0.2, 0.25) is 0 Å². The van der Waals surface area contributed by atoms with Crippen molar-refractivity contribution in [2.75, 3.05) is 0 Å². The van der Waals surface area contributed by atoms with Gasteiger partial charge in [0.05, 0.1) is 0 Å². The fourth-order valence-corrected chi connectivity index (χ4v) is 0. The van der Waals surface area contributed by atoms with Gasteiger partial charge in [-0.3, -0.25) is 0 Å². The molecular formula is CdF2Zn. The molecule has 0 aliphatic heterocycles. The molecule has 0 rings (SSSR count). The molecule has 0 aromatic carbocycles. The number of hydrogen-bond acceptors (Lipinski definition) is 0. The third-order valence-corrected chi connectivity index (χ3v) is 0. The zero-order valence-electron chi connectivity index (χ0n) is 2.17. The summed E-state index contributed by atoms with van der Waals surface area (Å²) in [5.41, 5.74) is 0. The van der Waals surface area contributed by atoms with Crippen LogP contribution in [0.1, 0.15) is 0 Å². The first-order valence-corrected chi connectivity index (χ1v) is 2.78. The molecular weight excluding hydrogens is 216 g/mol. The average molecular weight is 216 g/mol. The minimum absolute atomic E-state index is 0. The Morgan fingerprint density at radius 1 is 1.25 bits per heavy atom. The normalized spacial score (nSPS) is 2.50. The van der Waals surface area contributed by atoms with Crippen LogP contribution in [0.3, 0.4) is 0 Å². The van der Waals surface area contributed by atoms with Crippen molar-refractivity contribution in [3.05, 3.63) is 0 Å². The molecule has 18 valence electrons. The zero-order chi connectivity index (χ0) is 2.71. The van der Waals surface area contributed by atoms with Crippen molar-refractivity contribution >= 4 is 0 Å². The molecule has 0 fully saturated rings. The van der Waals surface area contributed by atoms with E-state index in [0.717, 1.165) is 0 Å². The quantitative estimate of drug-likeness (QED) is 0.526. The van der Waals surface area contributed by atoms with E-state index in [4.69, 9.17) is 0 Å². The predicted molar refractivity (Wildman–Crippen MR) is 2.22 cm³/mol. The van der Waals surface area contributed by atoms with Crippen LogP contribution in [-0.4, -0.2) is 0 Å². The zero-order valence-corrected chi connectivity index (χ0v) is 9.17. The van der Waals surface area contributed by atoms with Gasteiger partial charge in [0.1, 0.15) is 0 Å². The van der Waals surface area contributed by atoms with Crippen molar-refractivity contribution in [3.8, 4) is 0 Å². The summed E-state index contributed by atoms with van der Waals surface area (Å²) in [6.45, 7) is 0. The Kier molecular flexibility index (Phi) is 20.0. The second-order valence-electron chi connectivity index (χ2n) is 0.101. The van der Waals surface area contributed by atoms with Gasteiger partial charge < -0.3 is 0 Å². The van der Waals surface area contributed by atoms with Crippen LogP contribution < -0.4 is 0 Å². The van der Waals surface area contributed by atoms with Gasteiger partial charge in [0.2, 0.25) is 0 Å². The number of hydrogen-bond donors (Lipinski definition) is 0. The molecule has 0 aliphatic rings. The van der Waals surface area contributed by atoms with E-state index in [2.05, 4.69) is 0 Å². The second-order valence-corrected chi connectivity index (χ2v) is 0.525. The van der Waals surface area contributed by atoms with Gasteiger partial charge in [-0.2, -0.15) is 0 Å². The van der Waals surface area contributed by atoms with Crippen molar-refractivity contribution in [2.45, 2.75) is 0 Å². The Labute approximate surface area is 51.9 Å². The first kappa shape index (κ1) is 9.05. The standard InChI is InChI=1S/Cd.2FH.Zn/h;2*1H;/q;;;+2/p-2. The van der Waals surface area contributed by atoms with Crippen LogP contribution in [0, 0.1) is 0 Å². The van der Waals surface area contributed by atoms with E-state index in [-0.39, 0.29) is 27.3 Å². The van der Waals surface area contributed by atoms with E-state index in [1.54, 1.807) is 0 Å². The first-order chi connectivity index (χ1) is 1.41. The van der Waals surface area contributed by atoms with Gasteiger partial charge in [0.15, 0.2) is 0 Å². The minimum atomic E-state index is -2.88. The van der Waals surface area contributed by atoms with Crippen LogP contribution in [0.4, 0.5) is 6.63 Å². The molecule has 0 atom stereocenters. The van der Waals surface area contributed by atoms with Crippen LogP contribution in [0.15, 0.2) is 0 Å². The molecule has 0 spiro atoms. The first-order valence-electron chi connectivity index (χ1n) is 0.535. The van der Waals surface area contributed by atoms with Gasteiger partial charge in [0.25, 0.3) is 0 Å². The van der Waals surface area contributed by atoms with Crippen LogP contribution in [0.25, 0.3) is 0 Å². The van der Waals surface area contributed by atoms with Gasteiger partial charge >= 0.3 is 24.8 Å². The van der Waals surface area contributed by atoms with E-state index in [0.29, 0.717) is 0 Å². The third-order valence-electron chi connectivity index (χ3n) is 0. The molecule has 0 N–H and O–H groups in total. The van der Waals surface area contributed by atoms with Crippen LogP contribution >= 0.6 is 0 Å². The molecule has 0 unspecified atom stereocenters. The molecule has 0 aliphatic carbocycles. The summed E-state index contributed by atoms with van der Waals surface area (Å²) < 4.78 is 19.6. The van der Waals surface area contributed by atoms with Crippen molar-refractivity contribution in [1.29, 1.82) is 0 Å². The maximum absolute atomic E-state index is 9.81. The summed E-state index contributed by atoms with van der Waals surface area (Å²) in [6.07, 6.45) is 0. The summed E-state index contributed by atoms with van der Waals surface area (Å²) in [5.74, 6) is 0. The van der Waals surface area contributed by atoms with Crippen LogP contribution in [0.5, 0.6) is 0 Å². The molecule has 0 saturated carbocycles. The van der Waals surface area contributed by atoms with Gasteiger partial charge in [0, 0.05) is 27.3 Å². The Morgan fingerprint density at radius 2 is 1.25 bits per heavy atom. The third kappa shape index (κ3) is 9.98. The van der Waals surface area contributed by atoms with Crippen molar-refractivity contribution in [3.63, 3.8) is 0 Å². The van der Waals surface area contributed by atoms with Gasteiger partial charge in [-0.1, -0.05) is 0 Å².